The highest BCUT2D eigenvalue weighted by atomic mass is 16.4. The number of phenolic OH excluding ortho intramolecular Hbond substituents is 1. The average Bonchev–Trinajstić information content (AvgIpc) is 2.51. The second kappa shape index (κ2) is 7.14. The third kappa shape index (κ3) is 4.66. The van der Waals surface area contributed by atoms with Crippen LogP contribution in [0, 0.1) is 0 Å². The van der Waals surface area contributed by atoms with Crippen LogP contribution < -0.4 is 0 Å². The van der Waals surface area contributed by atoms with Crippen molar-refractivity contribution >= 4 is 5.97 Å². The summed E-state index contributed by atoms with van der Waals surface area (Å²) in [6, 6.07) is 11.6. The van der Waals surface area contributed by atoms with E-state index >= 15 is 0 Å². The molecule has 2 aromatic carbocycles. The summed E-state index contributed by atoms with van der Waals surface area (Å²) in [7, 11) is 0. The molecule has 0 saturated heterocycles. The van der Waals surface area contributed by atoms with Crippen molar-refractivity contribution in [2.24, 2.45) is 0 Å². The molecule has 0 aliphatic heterocycles. The van der Waals surface area contributed by atoms with Gasteiger partial charge in [-0.3, -0.25) is 4.79 Å². The molecule has 0 spiro atoms. The van der Waals surface area contributed by atoms with Crippen molar-refractivity contribution in [3.8, 4) is 16.9 Å². The smallest absolute Gasteiger partial charge is 0.303 e. The van der Waals surface area contributed by atoms with E-state index in [2.05, 4.69) is 53.7 Å². The van der Waals surface area contributed by atoms with Crippen LogP contribution in [0.25, 0.3) is 11.1 Å². The minimum absolute atomic E-state index is 0.0908. The van der Waals surface area contributed by atoms with Crippen LogP contribution in [0.1, 0.15) is 64.7 Å². The Morgan fingerprint density at radius 3 is 1.73 bits per heavy atom. The quantitative estimate of drug-likeness (QED) is 0.743. The fraction of sp³-hybridized carbons (Fsp3) is 0.435. The number of carboxylic acids is 1. The van der Waals surface area contributed by atoms with Gasteiger partial charge in [0.25, 0.3) is 0 Å². The maximum absolute atomic E-state index is 11.0. The summed E-state index contributed by atoms with van der Waals surface area (Å²) in [4.78, 5) is 11.0. The van der Waals surface area contributed by atoms with Crippen molar-refractivity contribution in [3.05, 3.63) is 53.1 Å². The maximum atomic E-state index is 11.0. The van der Waals surface area contributed by atoms with Gasteiger partial charge in [0.2, 0.25) is 0 Å². The first-order valence-electron chi connectivity index (χ1n) is 9.08. The second-order valence-electron chi connectivity index (χ2n) is 9.01. The molecule has 0 atom stereocenters. The fourth-order valence-corrected chi connectivity index (χ4v) is 3.22. The van der Waals surface area contributed by atoms with Crippen LogP contribution in [0.3, 0.4) is 0 Å². The number of aliphatic carboxylic acids is 1. The summed E-state index contributed by atoms with van der Waals surface area (Å²) in [5, 5.41) is 18.7. The number of aryl methyl sites for hydroxylation is 1. The molecule has 140 valence electrons. The summed E-state index contributed by atoms with van der Waals surface area (Å²) in [5.41, 5.74) is 5.54. The fourth-order valence-electron chi connectivity index (χ4n) is 3.22. The summed E-state index contributed by atoms with van der Waals surface area (Å²) >= 11 is 0. The van der Waals surface area contributed by atoms with Gasteiger partial charge in [-0.15, -0.1) is 0 Å². The Balaban J connectivity index is 2.77. The number of aromatic hydroxyl groups is 1. The molecule has 0 amide bonds. The van der Waals surface area contributed by atoms with E-state index in [-0.39, 0.29) is 23.0 Å². The van der Waals surface area contributed by atoms with Crippen LogP contribution in [-0.4, -0.2) is 16.2 Å². The molecule has 2 aromatic rings. The molecule has 0 unspecified atom stereocenters. The summed E-state index contributed by atoms with van der Waals surface area (Å²) < 4.78 is 0. The second-order valence-corrected chi connectivity index (χ2v) is 9.01. The van der Waals surface area contributed by atoms with E-state index in [1.54, 1.807) is 12.1 Å². The number of rotatable bonds is 4. The van der Waals surface area contributed by atoms with Crippen molar-refractivity contribution in [1.29, 1.82) is 0 Å². The average molecular weight is 354 g/mol. The Morgan fingerprint density at radius 1 is 0.885 bits per heavy atom. The van der Waals surface area contributed by atoms with E-state index in [0.29, 0.717) is 6.42 Å². The molecule has 3 nitrogen and oxygen atoms in total. The number of carbonyl (C=O) groups is 1. The zero-order chi connectivity index (χ0) is 19.7. The molecular weight excluding hydrogens is 324 g/mol. The van der Waals surface area contributed by atoms with Crippen molar-refractivity contribution in [3.63, 3.8) is 0 Å². The van der Waals surface area contributed by atoms with Crippen LogP contribution in [-0.2, 0) is 22.0 Å². The number of carboxylic acid groups (broad SMARTS) is 1. The molecule has 2 rings (SSSR count). The SMILES string of the molecule is CC(C)(C)c1cc(CCC(=O)O)cc(C(C)(C)C)c1-c1ccc(O)cc1. The first-order valence-corrected chi connectivity index (χ1v) is 9.08. The molecular formula is C23H30O3. The van der Waals surface area contributed by atoms with Gasteiger partial charge in [0.15, 0.2) is 0 Å². The van der Waals surface area contributed by atoms with E-state index in [1.165, 1.54) is 16.7 Å². The van der Waals surface area contributed by atoms with Gasteiger partial charge in [-0.2, -0.15) is 0 Å². The normalized spacial score (nSPS) is 12.2. The van der Waals surface area contributed by atoms with Crippen molar-refractivity contribution in [2.75, 3.05) is 0 Å². The molecule has 0 aliphatic rings. The van der Waals surface area contributed by atoms with E-state index in [0.717, 1.165) is 11.1 Å². The number of hydrogen-bond acceptors (Lipinski definition) is 2. The molecule has 0 radical (unpaired) electrons. The first-order chi connectivity index (χ1) is 11.9. The lowest BCUT2D eigenvalue weighted by atomic mass is 9.73. The zero-order valence-corrected chi connectivity index (χ0v) is 16.7. The minimum atomic E-state index is -0.776. The lowest BCUT2D eigenvalue weighted by Gasteiger charge is -2.31. The van der Waals surface area contributed by atoms with Gasteiger partial charge >= 0.3 is 5.97 Å². The molecule has 2 N–H and O–H groups in total. The minimum Gasteiger partial charge on any atom is -0.508 e. The number of benzene rings is 2. The highest BCUT2D eigenvalue weighted by Crippen LogP contribution is 2.41. The molecule has 0 aromatic heterocycles. The molecule has 0 bridgehead atoms. The van der Waals surface area contributed by atoms with Gasteiger partial charge in [0.05, 0.1) is 0 Å². The predicted octanol–water partition coefficient (Wildman–Crippen LogP) is 5.67. The summed E-state index contributed by atoms with van der Waals surface area (Å²) in [6.07, 6.45) is 0.656. The Morgan fingerprint density at radius 2 is 1.35 bits per heavy atom. The van der Waals surface area contributed by atoms with E-state index < -0.39 is 5.97 Å². The monoisotopic (exact) mass is 354 g/mol. The Labute approximate surface area is 156 Å². The third-order valence-electron chi connectivity index (χ3n) is 4.60. The standard InChI is InChI=1S/C23H30O3/c1-22(2,3)18-13-15(7-12-20(25)26)14-19(23(4,5)6)21(18)16-8-10-17(24)11-9-16/h8-11,13-14,24H,7,12H2,1-6H3,(H,25,26). The maximum Gasteiger partial charge on any atom is 0.303 e. The van der Waals surface area contributed by atoms with Gasteiger partial charge < -0.3 is 10.2 Å². The van der Waals surface area contributed by atoms with Crippen molar-refractivity contribution in [1.82, 2.24) is 0 Å². The van der Waals surface area contributed by atoms with Crippen LogP contribution in [0.5, 0.6) is 5.75 Å². The van der Waals surface area contributed by atoms with Gasteiger partial charge in [-0.1, -0.05) is 65.8 Å². The Kier molecular flexibility index (Phi) is 5.50. The van der Waals surface area contributed by atoms with Gasteiger partial charge in [0, 0.05) is 6.42 Å². The van der Waals surface area contributed by atoms with Crippen LogP contribution in [0.15, 0.2) is 36.4 Å². The Hall–Kier alpha value is -2.29. The van der Waals surface area contributed by atoms with Crippen molar-refractivity contribution < 1.29 is 15.0 Å². The summed E-state index contributed by atoms with van der Waals surface area (Å²) in [6.45, 7) is 13.1. The highest BCUT2D eigenvalue weighted by Gasteiger charge is 2.27. The van der Waals surface area contributed by atoms with Gasteiger partial charge in [0.1, 0.15) is 5.75 Å². The van der Waals surface area contributed by atoms with Gasteiger partial charge in [-0.25, -0.2) is 0 Å². The molecule has 0 heterocycles. The number of hydrogen-bond donors (Lipinski definition) is 2. The first kappa shape index (κ1) is 20.0. The van der Waals surface area contributed by atoms with E-state index in [4.69, 9.17) is 5.11 Å². The number of phenols is 1. The molecule has 0 saturated carbocycles. The zero-order valence-electron chi connectivity index (χ0n) is 16.7. The van der Waals surface area contributed by atoms with E-state index in [1.807, 2.05) is 12.1 Å². The third-order valence-corrected chi connectivity index (χ3v) is 4.60. The van der Waals surface area contributed by atoms with Crippen LogP contribution >= 0.6 is 0 Å². The summed E-state index contributed by atoms with van der Waals surface area (Å²) in [5.74, 6) is -0.524. The van der Waals surface area contributed by atoms with Crippen LogP contribution in [0.4, 0.5) is 0 Å². The Bertz CT molecular complexity index is 753. The largest absolute Gasteiger partial charge is 0.508 e. The van der Waals surface area contributed by atoms with E-state index in [9.17, 15) is 9.90 Å². The molecule has 0 fully saturated rings. The lowest BCUT2D eigenvalue weighted by Crippen LogP contribution is -2.20. The van der Waals surface area contributed by atoms with Crippen LogP contribution in [0.2, 0.25) is 0 Å². The highest BCUT2D eigenvalue weighted by molar-refractivity contribution is 5.75. The van der Waals surface area contributed by atoms with Crippen molar-refractivity contribution in [2.45, 2.75) is 65.2 Å². The topological polar surface area (TPSA) is 57.5 Å². The lowest BCUT2D eigenvalue weighted by molar-refractivity contribution is -0.136. The molecule has 0 aliphatic carbocycles. The molecule has 3 heteroatoms. The predicted molar refractivity (Wildman–Crippen MR) is 107 cm³/mol. The van der Waals surface area contributed by atoms with Gasteiger partial charge in [-0.05, 0) is 57.2 Å². The molecule has 26 heavy (non-hydrogen) atoms.